The molecule has 0 saturated heterocycles. The van der Waals surface area contributed by atoms with Crippen LogP contribution in [0.1, 0.15) is 56.2 Å². The second-order valence-electron chi connectivity index (χ2n) is 6.32. The van der Waals surface area contributed by atoms with Crippen LogP contribution >= 0.6 is 0 Å². The first kappa shape index (κ1) is 17.3. The van der Waals surface area contributed by atoms with Crippen LogP contribution in [0.25, 0.3) is 0 Å². The Bertz CT molecular complexity index is 462. The van der Waals surface area contributed by atoms with E-state index >= 15 is 0 Å². The molecule has 22 heavy (non-hydrogen) atoms. The van der Waals surface area contributed by atoms with E-state index < -0.39 is 6.10 Å². The molecule has 0 aromatic heterocycles. The molecule has 0 fully saturated rings. The fourth-order valence-corrected chi connectivity index (χ4v) is 3.00. The van der Waals surface area contributed by atoms with Gasteiger partial charge in [-0.2, -0.15) is 0 Å². The molecule has 4 heteroatoms. The molecule has 0 spiro atoms. The third-order valence-corrected chi connectivity index (χ3v) is 4.18. The molecule has 1 heterocycles. The average molecular weight is 307 g/mol. The van der Waals surface area contributed by atoms with E-state index in [0.29, 0.717) is 25.0 Å². The monoisotopic (exact) mass is 307 g/mol. The number of methoxy groups -OCH3 is 1. The van der Waals surface area contributed by atoms with Gasteiger partial charge in [0, 0.05) is 18.7 Å². The summed E-state index contributed by atoms with van der Waals surface area (Å²) < 4.78 is 11.0. The third-order valence-electron chi connectivity index (χ3n) is 4.18. The van der Waals surface area contributed by atoms with Gasteiger partial charge in [0.05, 0.1) is 19.3 Å². The first-order valence-electron chi connectivity index (χ1n) is 8.29. The lowest BCUT2D eigenvalue weighted by molar-refractivity contribution is 0.0589. The lowest BCUT2D eigenvalue weighted by Crippen LogP contribution is -2.27. The van der Waals surface area contributed by atoms with E-state index in [1.54, 1.807) is 7.11 Å². The van der Waals surface area contributed by atoms with E-state index in [0.717, 1.165) is 31.7 Å². The standard InChI is InChI=1S/C18H29NO3/c1-13(2)15-6-4-7-16-17(8-5-11-22-18(15)16)19-10-9-14(20)12-21-3/h4,6-7,13-14,17,19-20H,5,8-12H2,1-3H3. The average Bonchev–Trinajstić information content (AvgIpc) is 2.70. The molecule has 2 rings (SSSR count). The molecule has 1 aromatic carbocycles. The van der Waals surface area contributed by atoms with Gasteiger partial charge in [-0.05, 0) is 37.3 Å². The highest BCUT2D eigenvalue weighted by Gasteiger charge is 2.22. The molecule has 4 nitrogen and oxygen atoms in total. The van der Waals surface area contributed by atoms with Gasteiger partial charge >= 0.3 is 0 Å². The highest BCUT2D eigenvalue weighted by molar-refractivity contribution is 5.45. The van der Waals surface area contributed by atoms with E-state index in [9.17, 15) is 5.11 Å². The summed E-state index contributed by atoms with van der Waals surface area (Å²) in [6.07, 6.45) is 2.41. The maximum absolute atomic E-state index is 9.76. The van der Waals surface area contributed by atoms with Crippen LogP contribution in [0.2, 0.25) is 0 Å². The van der Waals surface area contributed by atoms with Gasteiger partial charge in [0.2, 0.25) is 0 Å². The Morgan fingerprint density at radius 2 is 2.23 bits per heavy atom. The Labute approximate surface area is 133 Å². The second-order valence-corrected chi connectivity index (χ2v) is 6.32. The maximum atomic E-state index is 9.76. The number of aliphatic hydroxyl groups excluding tert-OH is 1. The molecule has 0 aliphatic carbocycles. The lowest BCUT2D eigenvalue weighted by Gasteiger charge is -2.22. The fourth-order valence-electron chi connectivity index (χ4n) is 3.00. The number of nitrogens with one attached hydrogen (secondary N) is 1. The smallest absolute Gasteiger partial charge is 0.127 e. The fraction of sp³-hybridized carbons (Fsp3) is 0.667. The van der Waals surface area contributed by atoms with Gasteiger partial charge in [-0.25, -0.2) is 0 Å². The Morgan fingerprint density at radius 3 is 2.95 bits per heavy atom. The Kier molecular flexibility index (Phi) is 6.68. The normalized spacial score (nSPS) is 19.4. The molecule has 0 bridgehead atoms. The van der Waals surface area contributed by atoms with Gasteiger partial charge in [0.15, 0.2) is 0 Å². The maximum Gasteiger partial charge on any atom is 0.127 e. The molecule has 2 atom stereocenters. The van der Waals surface area contributed by atoms with Crippen molar-refractivity contribution in [3.8, 4) is 5.75 Å². The van der Waals surface area contributed by atoms with Gasteiger partial charge in [-0.1, -0.05) is 32.0 Å². The quantitative estimate of drug-likeness (QED) is 0.813. The SMILES string of the molecule is COCC(O)CCNC1CCCOc2c(C(C)C)cccc21. The van der Waals surface area contributed by atoms with Crippen molar-refractivity contribution in [3.63, 3.8) is 0 Å². The molecule has 1 aromatic rings. The van der Waals surface area contributed by atoms with Crippen molar-refractivity contribution in [3.05, 3.63) is 29.3 Å². The zero-order valence-corrected chi connectivity index (χ0v) is 14.0. The van der Waals surface area contributed by atoms with Gasteiger partial charge < -0.3 is 19.9 Å². The van der Waals surface area contributed by atoms with Gasteiger partial charge in [-0.15, -0.1) is 0 Å². The van der Waals surface area contributed by atoms with Crippen molar-refractivity contribution in [2.24, 2.45) is 0 Å². The molecular formula is C18H29NO3. The first-order valence-corrected chi connectivity index (χ1v) is 8.29. The molecule has 1 aliphatic rings. The predicted octanol–water partition coefficient (Wildman–Crippen LogP) is 3.01. The van der Waals surface area contributed by atoms with Crippen LogP contribution in [0, 0.1) is 0 Å². The largest absolute Gasteiger partial charge is 0.493 e. The van der Waals surface area contributed by atoms with Gasteiger partial charge in [0.25, 0.3) is 0 Å². The molecule has 0 radical (unpaired) electrons. The Morgan fingerprint density at radius 1 is 1.41 bits per heavy atom. The Hall–Kier alpha value is -1.10. The van der Waals surface area contributed by atoms with Crippen molar-refractivity contribution in [1.29, 1.82) is 0 Å². The minimum Gasteiger partial charge on any atom is -0.493 e. The van der Waals surface area contributed by atoms with Crippen molar-refractivity contribution in [2.45, 2.75) is 51.2 Å². The number of para-hydroxylation sites is 1. The van der Waals surface area contributed by atoms with Gasteiger partial charge in [0.1, 0.15) is 5.75 Å². The van der Waals surface area contributed by atoms with Crippen LogP contribution in [0.5, 0.6) is 5.75 Å². The summed E-state index contributed by atoms with van der Waals surface area (Å²) in [7, 11) is 1.61. The van der Waals surface area contributed by atoms with E-state index in [1.165, 1.54) is 11.1 Å². The lowest BCUT2D eigenvalue weighted by atomic mass is 9.94. The molecule has 0 saturated carbocycles. The summed E-state index contributed by atoms with van der Waals surface area (Å²) in [6.45, 7) is 6.35. The molecule has 124 valence electrons. The minimum absolute atomic E-state index is 0.297. The number of hydrogen-bond donors (Lipinski definition) is 2. The first-order chi connectivity index (χ1) is 10.6. The van der Waals surface area contributed by atoms with Crippen molar-refractivity contribution >= 4 is 0 Å². The second kappa shape index (κ2) is 8.51. The third kappa shape index (κ3) is 4.45. The van der Waals surface area contributed by atoms with Crippen molar-refractivity contribution < 1.29 is 14.6 Å². The molecule has 0 amide bonds. The summed E-state index contributed by atoms with van der Waals surface area (Å²) >= 11 is 0. The summed E-state index contributed by atoms with van der Waals surface area (Å²) in [5.41, 5.74) is 2.54. The van der Waals surface area contributed by atoms with E-state index in [1.807, 2.05) is 0 Å². The van der Waals surface area contributed by atoms with Crippen molar-refractivity contribution in [1.82, 2.24) is 5.32 Å². The van der Waals surface area contributed by atoms with Gasteiger partial charge in [-0.3, -0.25) is 0 Å². The van der Waals surface area contributed by atoms with Crippen LogP contribution in [0.15, 0.2) is 18.2 Å². The summed E-state index contributed by atoms with van der Waals surface area (Å²) in [5.74, 6) is 1.52. The predicted molar refractivity (Wildman–Crippen MR) is 88.5 cm³/mol. The zero-order chi connectivity index (χ0) is 15.9. The van der Waals surface area contributed by atoms with Crippen LogP contribution in [0.3, 0.4) is 0 Å². The van der Waals surface area contributed by atoms with E-state index in [2.05, 4.69) is 37.4 Å². The Balaban J connectivity index is 2.06. The van der Waals surface area contributed by atoms with Crippen LogP contribution in [-0.2, 0) is 4.74 Å². The topological polar surface area (TPSA) is 50.7 Å². The highest BCUT2D eigenvalue weighted by Crippen LogP contribution is 2.37. The summed E-state index contributed by atoms with van der Waals surface area (Å²) in [4.78, 5) is 0. The molecule has 1 aliphatic heterocycles. The number of hydrogen-bond acceptors (Lipinski definition) is 4. The number of rotatable bonds is 7. The molecule has 2 unspecified atom stereocenters. The number of fused-ring (bicyclic) bond motifs is 1. The van der Waals surface area contributed by atoms with Crippen LogP contribution in [-0.4, -0.2) is 38.1 Å². The minimum atomic E-state index is -0.402. The van der Waals surface area contributed by atoms with Crippen LogP contribution < -0.4 is 10.1 Å². The van der Waals surface area contributed by atoms with E-state index in [4.69, 9.17) is 9.47 Å². The van der Waals surface area contributed by atoms with Crippen molar-refractivity contribution in [2.75, 3.05) is 26.9 Å². The number of ether oxygens (including phenoxy) is 2. The van der Waals surface area contributed by atoms with E-state index in [-0.39, 0.29) is 0 Å². The summed E-state index contributed by atoms with van der Waals surface area (Å²) in [6, 6.07) is 6.74. The number of benzene rings is 1. The molecule has 2 N–H and O–H groups in total. The number of aliphatic hydroxyl groups is 1. The highest BCUT2D eigenvalue weighted by atomic mass is 16.5. The summed E-state index contributed by atoms with van der Waals surface area (Å²) in [5, 5.41) is 13.3. The molecular weight excluding hydrogens is 278 g/mol. The van der Waals surface area contributed by atoms with Crippen LogP contribution in [0.4, 0.5) is 0 Å². The zero-order valence-electron chi connectivity index (χ0n) is 14.0.